The van der Waals surface area contributed by atoms with Gasteiger partial charge in [0.05, 0.1) is 33.5 Å². The summed E-state index contributed by atoms with van der Waals surface area (Å²) in [7, 11) is 3.24. The molecule has 1 N–H and O–H groups in total. The third-order valence-electron chi connectivity index (χ3n) is 5.16. The Bertz CT molecular complexity index is 787. The van der Waals surface area contributed by atoms with E-state index in [1.165, 1.54) is 5.56 Å². The Morgan fingerprint density at radius 1 is 0.893 bits per heavy atom. The number of methoxy groups -OCH3 is 2. The molecule has 2 atom stereocenters. The number of hydrogen-bond acceptors (Lipinski definition) is 5. The second kappa shape index (κ2) is 9.20. The fourth-order valence-corrected chi connectivity index (χ4v) is 3.74. The zero-order chi connectivity index (χ0) is 20.1. The Kier molecular flexibility index (Phi) is 6.68. The molecule has 5 heteroatoms. The van der Waals surface area contributed by atoms with E-state index in [0.717, 1.165) is 43.1 Å². The fraction of sp³-hybridized carbons (Fsp3) is 0.478. The molecule has 0 amide bonds. The molecule has 0 aromatic heterocycles. The maximum atomic E-state index is 9.80. The second-order valence-corrected chi connectivity index (χ2v) is 7.62. The molecule has 152 valence electrons. The molecule has 28 heavy (non-hydrogen) atoms. The molecule has 2 aromatic carbocycles. The molecule has 3 rings (SSSR count). The van der Waals surface area contributed by atoms with Gasteiger partial charge in [-0.1, -0.05) is 12.1 Å². The first-order chi connectivity index (χ1) is 13.5. The summed E-state index contributed by atoms with van der Waals surface area (Å²) in [5.74, 6) is 3.08. The highest BCUT2D eigenvalue weighted by molar-refractivity contribution is 5.43. The van der Waals surface area contributed by atoms with Gasteiger partial charge in [-0.25, -0.2) is 0 Å². The van der Waals surface area contributed by atoms with Crippen molar-refractivity contribution in [3.63, 3.8) is 0 Å². The van der Waals surface area contributed by atoms with E-state index in [4.69, 9.17) is 18.9 Å². The van der Waals surface area contributed by atoms with E-state index in [9.17, 15) is 5.11 Å². The summed E-state index contributed by atoms with van der Waals surface area (Å²) < 4.78 is 22.3. The normalized spacial score (nSPS) is 19.0. The van der Waals surface area contributed by atoms with Gasteiger partial charge in [-0.15, -0.1) is 0 Å². The van der Waals surface area contributed by atoms with Crippen molar-refractivity contribution in [3.8, 4) is 23.0 Å². The Labute approximate surface area is 167 Å². The molecule has 1 fully saturated rings. The average Bonchev–Trinajstić information content (AvgIpc) is 3.10. The number of hydrogen-bond donors (Lipinski definition) is 1. The molecule has 5 nitrogen and oxygen atoms in total. The molecule has 0 radical (unpaired) electrons. The van der Waals surface area contributed by atoms with Gasteiger partial charge in [-0.3, -0.25) is 0 Å². The highest BCUT2D eigenvalue weighted by Crippen LogP contribution is 2.34. The largest absolute Gasteiger partial charge is 0.504 e. The zero-order valence-electron chi connectivity index (χ0n) is 17.1. The first-order valence-electron chi connectivity index (χ1n) is 9.77. The Morgan fingerprint density at radius 3 is 2.04 bits per heavy atom. The Morgan fingerprint density at radius 2 is 1.46 bits per heavy atom. The summed E-state index contributed by atoms with van der Waals surface area (Å²) in [5, 5.41) is 9.80. The van der Waals surface area contributed by atoms with Crippen LogP contribution in [0.25, 0.3) is 0 Å². The predicted molar refractivity (Wildman–Crippen MR) is 109 cm³/mol. The Balaban J connectivity index is 1.69. The second-order valence-electron chi connectivity index (χ2n) is 7.62. The van der Waals surface area contributed by atoms with Crippen LogP contribution in [0.3, 0.4) is 0 Å². The van der Waals surface area contributed by atoms with Gasteiger partial charge in [0, 0.05) is 0 Å². The quantitative estimate of drug-likeness (QED) is 0.735. The molecule has 0 bridgehead atoms. The smallest absolute Gasteiger partial charge is 0.161 e. The Hall–Kier alpha value is -2.40. The lowest BCUT2D eigenvalue weighted by molar-refractivity contribution is 0.180. The van der Waals surface area contributed by atoms with Gasteiger partial charge in [0.2, 0.25) is 0 Å². The maximum Gasteiger partial charge on any atom is 0.161 e. The SMILES string of the molecule is COc1cc(C[C@H]2COC[C@@H]2Cc2ccc(OC(C)C)c(OC)c2)ccc1O. The molecule has 1 saturated heterocycles. The number of aromatic hydroxyl groups is 1. The fourth-order valence-electron chi connectivity index (χ4n) is 3.74. The minimum absolute atomic E-state index is 0.106. The van der Waals surface area contributed by atoms with E-state index in [0.29, 0.717) is 17.6 Å². The summed E-state index contributed by atoms with van der Waals surface area (Å²) in [6.45, 7) is 5.52. The van der Waals surface area contributed by atoms with Crippen LogP contribution in [0.4, 0.5) is 0 Å². The van der Waals surface area contributed by atoms with Crippen LogP contribution in [-0.4, -0.2) is 38.6 Å². The summed E-state index contributed by atoms with van der Waals surface area (Å²) >= 11 is 0. The lowest BCUT2D eigenvalue weighted by atomic mass is 9.85. The molecule has 0 saturated carbocycles. The summed E-state index contributed by atoms with van der Waals surface area (Å²) in [5.41, 5.74) is 2.37. The lowest BCUT2D eigenvalue weighted by Gasteiger charge is -2.19. The molecule has 1 aliphatic rings. The van der Waals surface area contributed by atoms with Crippen LogP contribution < -0.4 is 14.2 Å². The molecule has 1 aliphatic heterocycles. The van der Waals surface area contributed by atoms with E-state index in [1.807, 2.05) is 32.0 Å². The van der Waals surface area contributed by atoms with Crippen molar-refractivity contribution in [3.05, 3.63) is 47.5 Å². The highest BCUT2D eigenvalue weighted by Gasteiger charge is 2.29. The van der Waals surface area contributed by atoms with Crippen LogP contribution in [0.1, 0.15) is 25.0 Å². The minimum Gasteiger partial charge on any atom is -0.504 e. The molecule has 0 aliphatic carbocycles. The lowest BCUT2D eigenvalue weighted by Crippen LogP contribution is -2.17. The van der Waals surface area contributed by atoms with Gasteiger partial charge in [0.1, 0.15) is 0 Å². The number of phenols is 1. The first kappa shape index (κ1) is 20.3. The van der Waals surface area contributed by atoms with Crippen LogP contribution in [0.2, 0.25) is 0 Å². The van der Waals surface area contributed by atoms with E-state index in [1.54, 1.807) is 20.3 Å². The monoisotopic (exact) mass is 386 g/mol. The molecule has 0 unspecified atom stereocenters. The van der Waals surface area contributed by atoms with E-state index < -0.39 is 0 Å². The van der Waals surface area contributed by atoms with Crippen molar-refractivity contribution in [2.75, 3.05) is 27.4 Å². The van der Waals surface area contributed by atoms with Gasteiger partial charge in [-0.2, -0.15) is 0 Å². The van der Waals surface area contributed by atoms with Gasteiger partial charge >= 0.3 is 0 Å². The molecule has 1 heterocycles. The maximum absolute atomic E-state index is 9.80. The van der Waals surface area contributed by atoms with E-state index >= 15 is 0 Å². The third-order valence-corrected chi connectivity index (χ3v) is 5.16. The highest BCUT2D eigenvalue weighted by atomic mass is 16.5. The zero-order valence-corrected chi connectivity index (χ0v) is 17.1. The van der Waals surface area contributed by atoms with Gasteiger partial charge < -0.3 is 24.1 Å². The van der Waals surface area contributed by atoms with Crippen molar-refractivity contribution < 1.29 is 24.1 Å². The number of benzene rings is 2. The van der Waals surface area contributed by atoms with Crippen LogP contribution in [-0.2, 0) is 17.6 Å². The van der Waals surface area contributed by atoms with Gasteiger partial charge in [0.15, 0.2) is 23.0 Å². The first-order valence-corrected chi connectivity index (χ1v) is 9.77. The van der Waals surface area contributed by atoms with Crippen LogP contribution in [0.5, 0.6) is 23.0 Å². The average molecular weight is 386 g/mol. The van der Waals surface area contributed by atoms with Crippen LogP contribution >= 0.6 is 0 Å². The predicted octanol–water partition coefficient (Wildman–Crippen LogP) is 4.24. The van der Waals surface area contributed by atoms with Crippen molar-refractivity contribution in [2.24, 2.45) is 11.8 Å². The third kappa shape index (κ3) is 4.90. The number of ether oxygens (including phenoxy) is 4. The summed E-state index contributed by atoms with van der Waals surface area (Å²) in [6, 6.07) is 11.7. The van der Waals surface area contributed by atoms with Gasteiger partial charge in [-0.05, 0) is 73.9 Å². The topological polar surface area (TPSA) is 57.2 Å². The minimum atomic E-state index is 0.106. The van der Waals surface area contributed by atoms with Crippen molar-refractivity contribution >= 4 is 0 Å². The van der Waals surface area contributed by atoms with Gasteiger partial charge in [0.25, 0.3) is 0 Å². The van der Waals surface area contributed by atoms with Crippen molar-refractivity contribution in [2.45, 2.75) is 32.8 Å². The molecular formula is C23H30O5. The number of rotatable bonds is 8. The van der Waals surface area contributed by atoms with E-state index in [2.05, 4.69) is 12.1 Å². The van der Waals surface area contributed by atoms with Crippen molar-refractivity contribution in [1.82, 2.24) is 0 Å². The molecule has 0 spiro atoms. The molecule has 2 aromatic rings. The standard InChI is InChI=1S/C23H30O5/c1-15(2)28-21-8-6-17(12-23(21)26-4)10-19-14-27-13-18(19)9-16-5-7-20(24)22(11-16)25-3/h5-8,11-12,15,18-19,24H,9-10,13-14H2,1-4H3/t18-,19-/m0/s1. The van der Waals surface area contributed by atoms with Crippen LogP contribution in [0, 0.1) is 11.8 Å². The molecular weight excluding hydrogens is 356 g/mol. The van der Waals surface area contributed by atoms with E-state index in [-0.39, 0.29) is 11.9 Å². The number of phenolic OH excluding ortho intramolecular Hbond substituents is 1. The summed E-state index contributed by atoms with van der Waals surface area (Å²) in [4.78, 5) is 0. The van der Waals surface area contributed by atoms with Crippen molar-refractivity contribution in [1.29, 1.82) is 0 Å². The summed E-state index contributed by atoms with van der Waals surface area (Å²) in [6.07, 6.45) is 1.93. The van der Waals surface area contributed by atoms with Crippen LogP contribution in [0.15, 0.2) is 36.4 Å².